The second-order valence-electron chi connectivity index (χ2n) is 5.22. The summed E-state index contributed by atoms with van der Waals surface area (Å²) in [6.07, 6.45) is 7.36. The molecular weight excluding hydrogens is 276 g/mol. The molecule has 0 aliphatic heterocycles. The highest BCUT2D eigenvalue weighted by Gasteiger charge is 2.09. The highest BCUT2D eigenvalue weighted by molar-refractivity contribution is 5.94. The van der Waals surface area contributed by atoms with Crippen LogP contribution < -0.4 is 10.2 Å². The number of unbranched alkanes of at least 4 members (excludes halogenated alkanes) is 1. The number of pyridine rings is 2. The first-order valence-electron chi connectivity index (χ1n) is 7.55. The molecule has 0 aliphatic carbocycles. The van der Waals surface area contributed by atoms with Gasteiger partial charge in [-0.25, -0.2) is 4.98 Å². The molecular formula is C17H22N4O. The molecule has 0 bridgehead atoms. The lowest BCUT2D eigenvalue weighted by Gasteiger charge is -2.18. The van der Waals surface area contributed by atoms with Crippen LogP contribution in [-0.2, 0) is 6.54 Å². The van der Waals surface area contributed by atoms with E-state index in [1.54, 1.807) is 24.7 Å². The molecule has 22 heavy (non-hydrogen) atoms. The van der Waals surface area contributed by atoms with E-state index in [1.165, 1.54) is 0 Å². The molecule has 2 heterocycles. The Morgan fingerprint density at radius 3 is 2.73 bits per heavy atom. The van der Waals surface area contributed by atoms with Gasteiger partial charge in [0, 0.05) is 44.3 Å². The Labute approximate surface area is 131 Å². The van der Waals surface area contributed by atoms with Crippen LogP contribution in [0.2, 0.25) is 0 Å². The molecule has 2 rings (SSSR count). The number of amides is 1. The highest BCUT2D eigenvalue weighted by atomic mass is 16.1. The molecule has 0 aliphatic rings. The van der Waals surface area contributed by atoms with Gasteiger partial charge < -0.3 is 10.2 Å². The van der Waals surface area contributed by atoms with Crippen LogP contribution in [0.3, 0.4) is 0 Å². The second-order valence-corrected chi connectivity index (χ2v) is 5.22. The predicted molar refractivity (Wildman–Crippen MR) is 87.8 cm³/mol. The third-order valence-corrected chi connectivity index (χ3v) is 3.45. The van der Waals surface area contributed by atoms with Gasteiger partial charge in [-0.2, -0.15) is 0 Å². The van der Waals surface area contributed by atoms with Crippen molar-refractivity contribution in [1.29, 1.82) is 0 Å². The third-order valence-electron chi connectivity index (χ3n) is 3.45. The minimum Gasteiger partial charge on any atom is -0.360 e. The van der Waals surface area contributed by atoms with Crippen molar-refractivity contribution in [3.63, 3.8) is 0 Å². The summed E-state index contributed by atoms with van der Waals surface area (Å²) in [5.41, 5.74) is 1.65. The molecule has 5 heteroatoms. The van der Waals surface area contributed by atoms with Crippen LogP contribution >= 0.6 is 0 Å². The van der Waals surface area contributed by atoms with Gasteiger partial charge in [0.15, 0.2) is 0 Å². The maximum Gasteiger partial charge on any atom is 0.251 e. The van der Waals surface area contributed by atoms with Gasteiger partial charge in [-0.3, -0.25) is 9.78 Å². The van der Waals surface area contributed by atoms with Gasteiger partial charge in [0.05, 0.1) is 0 Å². The van der Waals surface area contributed by atoms with Crippen molar-refractivity contribution >= 4 is 11.7 Å². The number of aromatic nitrogens is 2. The van der Waals surface area contributed by atoms with Crippen molar-refractivity contribution in [3.05, 3.63) is 54.0 Å². The Balaban J connectivity index is 1.97. The molecule has 1 amide bonds. The smallest absolute Gasteiger partial charge is 0.251 e. The fourth-order valence-corrected chi connectivity index (χ4v) is 2.06. The number of nitrogens with one attached hydrogen (secondary N) is 1. The van der Waals surface area contributed by atoms with Gasteiger partial charge in [0.2, 0.25) is 0 Å². The van der Waals surface area contributed by atoms with E-state index in [2.05, 4.69) is 27.1 Å². The van der Waals surface area contributed by atoms with Gasteiger partial charge in [-0.15, -0.1) is 0 Å². The first kappa shape index (κ1) is 15.9. The van der Waals surface area contributed by atoms with Crippen molar-refractivity contribution in [2.75, 3.05) is 18.5 Å². The van der Waals surface area contributed by atoms with Gasteiger partial charge in [0.1, 0.15) is 5.82 Å². The molecule has 2 aromatic heterocycles. The summed E-state index contributed by atoms with van der Waals surface area (Å²) in [5, 5.41) is 2.91. The number of rotatable bonds is 7. The lowest BCUT2D eigenvalue weighted by atomic mass is 10.2. The van der Waals surface area contributed by atoms with E-state index in [1.807, 2.05) is 25.2 Å². The zero-order valence-corrected chi connectivity index (χ0v) is 13.1. The fraction of sp³-hybridized carbons (Fsp3) is 0.353. The monoisotopic (exact) mass is 298 g/mol. The third kappa shape index (κ3) is 4.55. The van der Waals surface area contributed by atoms with E-state index in [0.29, 0.717) is 12.1 Å². The molecule has 0 saturated carbocycles. The number of hydrogen-bond acceptors (Lipinski definition) is 4. The van der Waals surface area contributed by atoms with Crippen molar-refractivity contribution in [1.82, 2.24) is 15.3 Å². The number of nitrogens with zero attached hydrogens (tertiary/aromatic N) is 3. The number of anilines is 1. The van der Waals surface area contributed by atoms with Gasteiger partial charge in [0.25, 0.3) is 5.91 Å². The standard InChI is InChI=1S/C17H22N4O/c1-3-4-11-21(2)16-12-15(7-10-19-16)17(22)20-13-14-5-8-18-9-6-14/h5-10,12H,3-4,11,13H2,1-2H3,(H,20,22). The van der Waals surface area contributed by atoms with Crippen LogP contribution in [0, 0.1) is 0 Å². The van der Waals surface area contributed by atoms with E-state index in [-0.39, 0.29) is 5.91 Å². The van der Waals surface area contributed by atoms with Crippen LogP contribution in [0.25, 0.3) is 0 Å². The van der Waals surface area contributed by atoms with Gasteiger partial charge >= 0.3 is 0 Å². The minimum absolute atomic E-state index is 0.0932. The summed E-state index contributed by atoms with van der Waals surface area (Å²) in [6.45, 7) is 3.58. The first-order valence-corrected chi connectivity index (χ1v) is 7.55. The molecule has 116 valence electrons. The van der Waals surface area contributed by atoms with Gasteiger partial charge in [-0.05, 0) is 36.2 Å². The lowest BCUT2D eigenvalue weighted by molar-refractivity contribution is 0.0951. The zero-order chi connectivity index (χ0) is 15.8. The lowest BCUT2D eigenvalue weighted by Crippen LogP contribution is -2.24. The minimum atomic E-state index is -0.0932. The van der Waals surface area contributed by atoms with Crippen LogP contribution in [0.4, 0.5) is 5.82 Å². The molecule has 0 aromatic carbocycles. The molecule has 5 nitrogen and oxygen atoms in total. The molecule has 0 spiro atoms. The number of hydrogen-bond donors (Lipinski definition) is 1. The maximum atomic E-state index is 12.2. The normalized spacial score (nSPS) is 10.3. The zero-order valence-electron chi connectivity index (χ0n) is 13.1. The quantitative estimate of drug-likeness (QED) is 0.853. The Hall–Kier alpha value is -2.43. The Morgan fingerprint density at radius 1 is 1.23 bits per heavy atom. The topological polar surface area (TPSA) is 58.1 Å². The Kier molecular flexibility index (Phi) is 5.89. The van der Waals surface area contributed by atoms with Crippen LogP contribution in [-0.4, -0.2) is 29.5 Å². The number of carbonyl (C=O) groups is 1. The fourth-order valence-electron chi connectivity index (χ4n) is 2.06. The average Bonchev–Trinajstić information content (AvgIpc) is 2.58. The second kappa shape index (κ2) is 8.12. The summed E-state index contributed by atoms with van der Waals surface area (Å²) in [5.74, 6) is 0.731. The predicted octanol–water partition coefficient (Wildman–Crippen LogP) is 2.64. The molecule has 0 unspecified atom stereocenters. The molecule has 0 radical (unpaired) electrons. The van der Waals surface area contributed by atoms with Gasteiger partial charge in [-0.1, -0.05) is 13.3 Å². The molecule has 0 atom stereocenters. The maximum absolute atomic E-state index is 12.2. The van der Waals surface area contributed by atoms with E-state index in [4.69, 9.17) is 0 Å². The van der Waals surface area contributed by atoms with Crippen LogP contribution in [0.5, 0.6) is 0 Å². The SMILES string of the molecule is CCCCN(C)c1cc(C(=O)NCc2ccncc2)ccn1. The summed E-state index contributed by atoms with van der Waals surface area (Å²) in [6, 6.07) is 7.34. The average molecular weight is 298 g/mol. The first-order chi connectivity index (χ1) is 10.7. The van der Waals surface area contributed by atoms with E-state index in [0.717, 1.165) is 30.8 Å². The van der Waals surface area contributed by atoms with Crippen molar-refractivity contribution < 1.29 is 4.79 Å². The molecule has 1 N–H and O–H groups in total. The summed E-state index contributed by atoms with van der Waals surface area (Å²) in [4.78, 5) is 22.6. The van der Waals surface area contributed by atoms with Crippen molar-refractivity contribution in [2.24, 2.45) is 0 Å². The number of carbonyl (C=O) groups excluding carboxylic acids is 1. The molecule has 0 saturated heterocycles. The molecule has 0 fully saturated rings. The summed E-state index contributed by atoms with van der Waals surface area (Å²) >= 11 is 0. The summed E-state index contributed by atoms with van der Waals surface area (Å²) < 4.78 is 0. The molecule has 2 aromatic rings. The van der Waals surface area contributed by atoms with Crippen LogP contribution in [0.15, 0.2) is 42.9 Å². The largest absolute Gasteiger partial charge is 0.360 e. The Bertz CT molecular complexity index is 601. The van der Waals surface area contributed by atoms with E-state index in [9.17, 15) is 4.79 Å². The Morgan fingerprint density at radius 2 is 2.00 bits per heavy atom. The van der Waals surface area contributed by atoms with E-state index < -0.39 is 0 Å². The highest BCUT2D eigenvalue weighted by Crippen LogP contribution is 2.12. The van der Waals surface area contributed by atoms with E-state index >= 15 is 0 Å². The van der Waals surface area contributed by atoms with Crippen molar-refractivity contribution in [2.45, 2.75) is 26.3 Å². The van der Waals surface area contributed by atoms with Crippen LogP contribution in [0.1, 0.15) is 35.7 Å². The summed E-state index contributed by atoms with van der Waals surface area (Å²) in [7, 11) is 2.00. The van der Waals surface area contributed by atoms with Crippen molar-refractivity contribution in [3.8, 4) is 0 Å².